The van der Waals surface area contributed by atoms with Gasteiger partial charge < -0.3 is 9.84 Å². The maximum atomic E-state index is 10.9. The van der Waals surface area contributed by atoms with Gasteiger partial charge in [-0.25, -0.2) is 0 Å². The topological polar surface area (TPSA) is 46.5 Å². The number of carbonyl (C=O) groups is 1. The largest absolute Gasteiger partial charge is 0.492 e. The fourth-order valence-corrected chi connectivity index (χ4v) is 2.19. The number of rotatable bonds is 6. The molecule has 0 aromatic heterocycles. The van der Waals surface area contributed by atoms with E-state index in [-0.39, 0.29) is 18.3 Å². The fraction of sp³-hybridized carbons (Fsp3) is 0.500. The van der Waals surface area contributed by atoms with Gasteiger partial charge in [0.2, 0.25) is 0 Å². The van der Waals surface area contributed by atoms with Gasteiger partial charge in [0.25, 0.3) is 0 Å². The number of halogens is 1. The molecule has 1 unspecified atom stereocenters. The van der Waals surface area contributed by atoms with Crippen LogP contribution in [0.2, 0.25) is 5.02 Å². The molecule has 1 rings (SSSR count). The van der Waals surface area contributed by atoms with Gasteiger partial charge in [0.05, 0.1) is 18.1 Å². The van der Waals surface area contributed by atoms with E-state index in [1.165, 1.54) is 0 Å². The highest BCUT2D eigenvalue weighted by Gasteiger charge is 2.20. The van der Waals surface area contributed by atoms with E-state index in [0.29, 0.717) is 17.4 Å². The Labute approximate surface area is 113 Å². The minimum atomic E-state index is -0.793. The molecule has 100 valence electrons. The van der Waals surface area contributed by atoms with Crippen LogP contribution in [0.25, 0.3) is 0 Å². The highest BCUT2D eigenvalue weighted by atomic mass is 35.5. The Morgan fingerprint density at radius 2 is 2.11 bits per heavy atom. The van der Waals surface area contributed by atoms with Gasteiger partial charge in [-0.05, 0) is 36.5 Å². The van der Waals surface area contributed by atoms with Crippen molar-refractivity contribution in [1.82, 2.24) is 0 Å². The summed E-state index contributed by atoms with van der Waals surface area (Å²) in [5.41, 5.74) is 0.945. The molecule has 0 bridgehead atoms. The standard InChI is InChI=1S/C14H19ClO3/c1-4-18-13-6-5-10(7-12(13)15)11(9(2)3)8-14(16)17/h5-7,9,11H,4,8H2,1-3H3,(H,16,17). The SMILES string of the molecule is CCOc1ccc(C(CC(=O)O)C(C)C)cc1Cl. The Morgan fingerprint density at radius 1 is 1.44 bits per heavy atom. The van der Waals surface area contributed by atoms with E-state index in [4.69, 9.17) is 21.4 Å². The van der Waals surface area contributed by atoms with Crippen LogP contribution in [0.4, 0.5) is 0 Å². The van der Waals surface area contributed by atoms with E-state index in [0.717, 1.165) is 5.56 Å². The molecule has 3 nitrogen and oxygen atoms in total. The second kappa shape index (κ2) is 6.64. The van der Waals surface area contributed by atoms with Crippen LogP contribution in [0, 0.1) is 5.92 Å². The number of carboxylic acid groups (broad SMARTS) is 1. The van der Waals surface area contributed by atoms with E-state index in [9.17, 15) is 4.79 Å². The van der Waals surface area contributed by atoms with Crippen LogP contribution in [0.15, 0.2) is 18.2 Å². The smallest absolute Gasteiger partial charge is 0.303 e. The van der Waals surface area contributed by atoms with Gasteiger partial charge in [-0.2, -0.15) is 0 Å². The third-order valence-corrected chi connectivity index (χ3v) is 3.18. The Bertz CT molecular complexity index is 416. The molecule has 0 aliphatic rings. The van der Waals surface area contributed by atoms with Crippen molar-refractivity contribution in [2.45, 2.75) is 33.1 Å². The zero-order valence-electron chi connectivity index (χ0n) is 10.9. The molecule has 0 heterocycles. The zero-order chi connectivity index (χ0) is 13.7. The van der Waals surface area contributed by atoms with Crippen molar-refractivity contribution >= 4 is 17.6 Å². The first kappa shape index (κ1) is 14.8. The molecule has 0 fully saturated rings. The lowest BCUT2D eigenvalue weighted by molar-refractivity contribution is -0.137. The van der Waals surface area contributed by atoms with Crippen molar-refractivity contribution in [3.8, 4) is 5.75 Å². The monoisotopic (exact) mass is 270 g/mol. The summed E-state index contributed by atoms with van der Waals surface area (Å²) in [5.74, 6) is 0.0604. The predicted molar refractivity (Wildman–Crippen MR) is 72.5 cm³/mol. The number of carboxylic acids is 1. The molecular weight excluding hydrogens is 252 g/mol. The van der Waals surface area contributed by atoms with E-state index in [2.05, 4.69) is 0 Å². The van der Waals surface area contributed by atoms with Crippen LogP contribution in [0.3, 0.4) is 0 Å². The zero-order valence-corrected chi connectivity index (χ0v) is 11.7. The highest BCUT2D eigenvalue weighted by Crippen LogP contribution is 2.33. The lowest BCUT2D eigenvalue weighted by Crippen LogP contribution is -2.12. The first-order valence-electron chi connectivity index (χ1n) is 6.09. The summed E-state index contributed by atoms with van der Waals surface area (Å²) in [6.45, 7) is 6.48. The maximum absolute atomic E-state index is 10.9. The summed E-state index contributed by atoms with van der Waals surface area (Å²) in [5, 5.41) is 9.48. The molecule has 4 heteroatoms. The highest BCUT2D eigenvalue weighted by molar-refractivity contribution is 6.32. The molecule has 0 saturated carbocycles. The van der Waals surface area contributed by atoms with Crippen molar-refractivity contribution in [3.05, 3.63) is 28.8 Å². The molecule has 1 N–H and O–H groups in total. The van der Waals surface area contributed by atoms with Gasteiger partial charge in [0.1, 0.15) is 5.75 Å². The summed E-state index contributed by atoms with van der Waals surface area (Å²) in [6.07, 6.45) is 0.113. The molecule has 1 aromatic rings. The average Bonchev–Trinajstić information content (AvgIpc) is 2.28. The molecule has 18 heavy (non-hydrogen) atoms. The average molecular weight is 271 g/mol. The van der Waals surface area contributed by atoms with Crippen molar-refractivity contribution in [2.75, 3.05) is 6.61 Å². The second-order valence-electron chi connectivity index (χ2n) is 4.57. The number of aliphatic carboxylic acids is 1. The molecule has 0 amide bonds. The van der Waals surface area contributed by atoms with E-state index < -0.39 is 5.97 Å². The molecule has 0 radical (unpaired) electrons. The summed E-state index contributed by atoms with van der Waals surface area (Å²) in [6, 6.07) is 5.50. The minimum absolute atomic E-state index is 0.0318. The normalized spacial score (nSPS) is 12.5. The molecular formula is C14H19ClO3. The molecule has 0 saturated heterocycles. The first-order valence-corrected chi connectivity index (χ1v) is 6.47. The summed E-state index contributed by atoms with van der Waals surface area (Å²) in [4.78, 5) is 10.9. The van der Waals surface area contributed by atoms with E-state index in [1.807, 2.05) is 26.8 Å². The Balaban J connectivity index is 2.99. The molecule has 0 aliphatic heterocycles. The number of hydrogen-bond donors (Lipinski definition) is 1. The number of benzene rings is 1. The molecule has 0 spiro atoms. The van der Waals surface area contributed by atoms with Crippen LogP contribution >= 0.6 is 11.6 Å². The van der Waals surface area contributed by atoms with Crippen molar-refractivity contribution < 1.29 is 14.6 Å². The van der Waals surface area contributed by atoms with Crippen LogP contribution < -0.4 is 4.74 Å². The maximum Gasteiger partial charge on any atom is 0.303 e. The van der Waals surface area contributed by atoms with Gasteiger partial charge in [0, 0.05) is 0 Å². The first-order chi connectivity index (χ1) is 8.45. The van der Waals surface area contributed by atoms with Crippen LogP contribution in [0.1, 0.15) is 38.7 Å². The predicted octanol–water partition coefficient (Wildman–Crippen LogP) is 3.95. The van der Waals surface area contributed by atoms with Gasteiger partial charge in [-0.3, -0.25) is 4.79 Å². The van der Waals surface area contributed by atoms with Gasteiger partial charge in [-0.15, -0.1) is 0 Å². The third-order valence-electron chi connectivity index (χ3n) is 2.88. The Morgan fingerprint density at radius 3 is 2.56 bits per heavy atom. The summed E-state index contributed by atoms with van der Waals surface area (Å²) < 4.78 is 5.36. The van der Waals surface area contributed by atoms with Crippen LogP contribution in [0.5, 0.6) is 5.75 Å². The van der Waals surface area contributed by atoms with Crippen molar-refractivity contribution in [1.29, 1.82) is 0 Å². The quantitative estimate of drug-likeness (QED) is 0.851. The van der Waals surface area contributed by atoms with Crippen LogP contribution in [-0.4, -0.2) is 17.7 Å². The lowest BCUT2D eigenvalue weighted by Gasteiger charge is -2.20. The van der Waals surface area contributed by atoms with Gasteiger partial charge in [0.15, 0.2) is 0 Å². The van der Waals surface area contributed by atoms with Crippen LogP contribution in [-0.2, 0) is 4.79 Å². The lowest BCUT2D eigenvalue weighted by atomic mass is 9.86. The molecule has 1 atom stereocenters. The summed E-state index contributed by atoms with van der Waals surface area (Å²) >= 11 is 6.12. The minimum Gasteiger partial charge on any atom is -0.492 e. The van der Waals surface area contributed by atoms with Gasteiger partial charge >= 0.3 is 5.97 Å². The van der Waals surface area contributed by atoms with Crippen molar-refractivity contribution in [2.24, 2.45) is 5.92 Å². The molecule has 0 aliphatic carbocycles. The van der Waals surface area contributed by atoms with E-state index >= 15 is 0 Å². The fourth-order valence-electron chi connectivity index (χ4n) is 1.95. The third kappa shape index (κ3) is 3.91. The summed E-state index contributed by atoms with van der Waals surface area (Å²) in [7, 11) is 0. The van der Waals surface area contributed by atoms with E-state index in [1.54, 1.807) is 12.1 Å². The Kier molecular flexibility index (Phi) is 5.48. The Hall–Kier alpha value is -1.22. The second-order valence-corrected chi connectivity index (χ2v) is 4.98. The molecule has 1 aromatic carbocycles. The van der Waals surface area contributed by atoms with Gasteiger partial charge in [-0.1, -0.05) is 31.5 Å². The number of hydrogen-bond acceptors (Lipinski definition) is 2. The number of ether oxygens (including phenoxy) is 1. The van der Waals surface area contributed by atoms with Crippen molar-refractivity contribution in [3.63, 3.8) is 0 Å².